The lowest BCUT2D eigenvalue weighted by Crippen LogP contribution is -2.45. The molecule has 118 valence electrons. The molecular weight excluding hydrogens is 298 g/mol. The second-order valence-corrected chi connectivity index (χ2v) is 6.76. The summed E-state index contributed by atoms with van der Waals surface area (Å²) in [6.07, 6.45) is 1.84. The highest BCUT2D eigenvalue weighted by molar-refractivity contribution is 8.14. The van der Waals surface area contributed by atoms with Crippen molar-refractivity contribution in [2.45, 2.75) is 36.7 Å². The summed E-state index contributed by atoms with van der Waals surface area (Å²) in [7, 11) is 3.97. The minimum Gasteiger partial charge on any atom is -0.371 e. The highest BCUT2D eigenvalue weighted by Gasteiger charge is 2.44. The van der Waals surface area contributed by atoms with Crippen LogP contribution in [0.5, 0.6) is 0 Å². The Hall–Kier alpha value is -1.37. The van der Waals surface area contributed by atoms with E-state index in [1.807, 2.05) is 37.2 Å². The minimum absolute atomic E-state index is 0.00214. The number of ether oxygens (including phenoxy) is 2. The van der Waals surface area contributed by atoms with Crippen molar-refractivity contribution in [3.05, 3.63) is 35.9 Å². The van der Waals surface area contributed by atoms with Gasteiger partial charge in [0.15, 0.2) is 5.17 Å². The number of amidine groups is 1. The van der Waals surface area contributed by atoms with E-state index >= 15 is 0 Å². The standard InChI is InChI=1S/C16H21N3O2S/c1-19(2)16-18-14-13(8-12(9-17)21-15(14)22-16)20-10-11-6-4-3-5-7-11/h3-7,9,12-15,17H,8,10H2,1-2H3. The molecule has 3 rings (SSSR count). The van der Waals surface area contributed by atoms with E-state index in [-0.39, 0.29) is 23.7 Å². The van der Waals surface area contributed by atoms with Gasteiger partial charge in [-0.05, 0) is 5.56 Å². The lowest BCUT2D eigenvalue weighted by molar-refractivity contribution is -0.0780. The van der Waals surface area contributed by atoms with Gasteiger partial charge in [-0.15, -0.1) is 0 Å². The maximum absolute atomic E-state index is 7.51. The predicted molar refractivity (Wildman–Crippen MR) is 89.6 cm³/mol. The van der Waals surface area contributed by atoms with Crippen LogP contribution >= 0.6 is 11.8 Å². The van der Waals surface area contributed by atoms with E-state index in [4.69, 9.17) is 19.9 Å². The van der Waals surface area contributed by atoms with Crippen LogP contribution in [0.1, 0.15) is 12.0 Å². The molecule has 2 aliphatic rings. The Morgan fingerprint density at radius 3 is 2.86 bits per heavy atom. The van der Waals surface area contributed by atoms with Gasteiger partial charge < -0.3 is 19.8 Å². The maximum Gasteiger partial charge on any atom is 0.161 e. The van der Waals surface area contributed by atoms with Gasteiger partial charge in [0.05, 0.1) is 18.8 Å². The zero-order valence-corrected chi connectivity index (χ0v) is 13.6. The van der Waals surface area contributed by atoms with Crippen molar-refractivity contribution in [1.82, 2.24) is 4.90 Å². The SMILES string of the molecule is CN(C)C1=NC2C(OCc3ccccc3)CC(C=N)OC2S1. The molecule has 4 atom stereocenters. The van der Waals surface area contributed by atoms with Gasteiger partial charge in [0.2, 0.25) is 0 Å². The molecule has 6 heteroatoms. The summed E-state index contributed by atoms with van der Waals surface area (Å²) in [4.78, 5) is 6.75. The third-order valence-corrected chi connectivity index (χ3v) is 5.09. The zero-order valence-electron chi connectivity index (χ0n) is 12.8. The normalized spacial score (nSPS) is 30.5. The first kappa shape index (κ1) is 15.5. The van der Waals surface area contributed by atoms with Gasteiger partial charge in [0.1, 0.15) is 11.5 Å². The van der Waals surface area contributed by atoms with E-state index < -0.39 is 0 Å². The highest BCUT2D eigenvalue weighted by Crippen LogP contribution is 2.37. The number of hydrogen-bond acceptors (Lipinski definition) is 6. The van der Waals surface area contributed by atoms with E-state index in [1.54, 1.807) is 11.8 Å². The molecular formula is C16H21N3O2S. The molecule has 5 nitrogen and oxygen atoms in total. The summed E-state index contributed by atoms with van der Waals surface area (Å²) in [5.74, 6) is 0. The van der Waals surface area contributed by atoms with E-state index in [0.29, 0.717) is 13.0 Å². The molecule has 0 bridgehead atoms. The first-order valence-electron chi connectivity index (χ1n) is 7.40. The number of benzene rings is 1. The largest absolute Gasteiger partial charge is 0.371 e. The fraction of sp³-hybridized carbons (Fsp3) is 0.500. The Morgan fingerprint density at radius 2 is 2.18 bits per heavy atom. The number of fused-ring (bicyclic) bond motifs is 1. The zero-order chi connectivity index (χ0) is 15.5. The molecule has 2 heterocycles. The molecule has 1 fully saturated rings. The lowest BCUT2D eigenvalue weighted by Gasteiger charge is -2.35. The van der Waals surface area contributed by atoms with Crippen molar-refractivity contribution in [3.63, 3.8) is 0 Å². The number of rotatable bonds is 4. The average molecular weight is 319 g/mol. The Balaban J connectivity index is 1.70. The molecule has 0 spiro atoms. The van der Waals surface area contributed by atoms with Gasteiger partial charge in [-0.3, -0.25) is 4.99 Å². The van der Waals surface area contributed by atoms with Crippen LogP contribution in [0.2, 0.25) is 0 Å². The van der Waals surface area contributed by atoms with Crippen LogP contribution in [0.4, 0.5) is 0 Å². The third-order valence-electron chi connectivity index (χ3n) is 3.79. The summed E-state index contributed by atoms with van der Waals surface area (Å²) in [6.45, 7) is 0.566. The Kier molecular flexibility index (Phi) is 4.81. The fourth-order valence-electron chi connectivity index (χ4n) is 2.63. The summed E-state index contributed by atoms with van der Waals surface area (Å²) < 4.78 is 12.0. The summed E-state index contributed by atoms with van der Waals surface area (Å²) in [6, 6.07) is 10.1. The van der Waals surface area contributed by atoms with Crippen LogP contribution in [0.3, 0.4) is 0 Å². The van der Waals surface area contributed by atoms with Crippen LogP contribution < -0.4 is 0 Å². The molecule has 0 radical (unpaired) electrons. The van der Waals surface area contributed by atoms with Crippen LogP contribution in [-0.4, -0.2) is 54.1 Å². The first-order chi connectivity index (χ1) is 10.7. The summed E-state index contributed by atoms with van der Waals surface area (Å²) in [5, 5.41) is 8.47. The molecule has 0 aliphatic carbocycles. The van der Waals surface area contributed by atoms with Gasteiger partial charge in [-0.2, -0.15) is 0 Å². The summed E-state index contributed by atoms with van der Waals surface area (Å²) in [5.41, 5.74) is 1.10. The molecule has 22 heavy (non-hydrogen) atoms. The van der Waals surface area contributed by atoms with Gasteiger partial charge in [-0.1, -0.05) is 42.1 Å². The van der Waals surface area contributed by atoms with Crippen LogP contribution in [0, 0.1) is 5.41 Å². The van der Waals surface area contributed by atoms with Gasteiger partial charge in [-0.25, -0.2) is 0 Å². The molecule has 0 saturated carbocycles. The molecule has 1 aromatic rings. The first-order valence-corrected chi connectivity index (χ1v) is 8.28. The molecule has 1 aromatic carbocycles. The van der Waals surface area contributed by atoms with E-state index in [2.05, 4.69) is 12.1 Å². The molecule has 1 saturated heterocycles. The van der Waals surface area contributed by atoms with E-state index in [0.717, 1.165) is 10.7 Å². The topological polar surface area (TPSA) is 57.9 Å². The fourth-order valence-corrected chi connectivity index (χ4v) is 3.80. The molecule has 0 amide bonds. The minimum atomic E-state index is -0.189. The second-order valence-electron chi connectivity index (χ2n) is 5.69. The van der Waals surface area contributed by atoms with Crippen molar-refractivity contribution < 1.29 is 9.47 Å². The van der Waals surface area contributed by atoms with E-state index in [1.165, 1.54) is 6.21 Å². The van der Waals surface area contributed by atoms with Crippen LogP contribution in [0.15, 0.2) is 35.3 Å². The number of hydrogen-bond donors (Lipinski definition) is 1. The lowest BCUT2D eigenvalue weighted by atomic mass is 10.0. The van der Waals surface area contributed by atoms with Gasteiger partial charge in [0, 0.05) is 26.7 Å². The average Bonchev–Trinajstić information content (AvgIpc) is 2.97. The monoisotopic (exact) mass is 319 g/mol. The van der Waals surface area contributed by atoms with E-state index in [9.17, 15) is 0 Å². The van der Waals surface area contributed by atoms with Gasteiger partial charge in [0.25, 0.3) is 0 Å². The predicted octanol–water partition coefficient (Wildman–Crippen LogP) is 2.37. The number of nitrogens with one attached hydrogen (secondary N) is 1. The maximum atomic E-state index is 7.51. The molecule has 2 aliphatic heterocycles. The number of thioether (sulfide) groups is 1. The molecule has 0 aromatic heterocycles. The molecule has 1 N–H and O–H groups in total. The van der Waals surface area contributed by atoms with Crippen LogP contribution in [-0.2, 0) is 16.1 Å². The van der Waals surface area contributed by atoms with Crippen molar-refractivity contribution >= 4 is 23.1 Å². The van der Waals surface area contributed by atoms with Crippen molar-refractivity contribution in [1.29, 1.82) is 5.41 Å². The Morgan fingerprint density at radius 1 is 1.41 bits per heavy atom. The molecule has 4 unspecified atom stereocenters. The Bertz CT molecular complexity index is 550. The van der Waals surface area contributed by atoms with Gasteiger partial charge >= 0.3 is 0 Å². The third kappa shape index (κ3) is 3.34. The second kappa shape index (κ2) is 6.81. The quantitative estimate of drug-likeness (QED) is 0.866. The smallest absolute Gasteiger partial charge is 0.161 e. The van der Waals surface area contributed by atoms with Crippen molar-refractivity contribution in [3.8, 4) is 0 Å². The van der Waals surface area contributed by atoms with Crippen molar-refractivity contribution in [2.24, 2.45) is 4.99 Å². The van der Waals surface area contributed by atoms with Crippen molar-refractivity contribution in [2.75, 3.05) is 14.1 Å². The Labute approximate surface area is 135 Å². The highest BCUT2D eigenvalue weighted by atomic mass is 32.2. The number of nitrogens with zero attached hydrogens (tertiary/aromatic N) is 2. The summed E-state index contributed by atoms with van der Waals surface area (Å²) >= 11 is 1.62. The number of aliphatic imine (C=N–C) groups is 1. The van der Waals surface area contributed by atoms with Crippen LogP contribution in [0.25, 0.3) is 0 Å².